The first-order valence-electron chi connectivity index (χ1n) is 11.0. The summed E-state index contributed by atoms with van der Waals surface area (Å²) in [5.41, 5.74) is 1.15. The second-order valence-electron chi connectivity index (χ2n) is 7.25. The number of ketones is 1. The van der Waals surface area contributed by atoms with Crippen molar-refractivity contribution in [2.75, 3.05) is 35.8 Å². The topological polar surface area (TPSA) is 44.8 Å². The number of carbonyl (C=O) groups is 1. The predicted molar refractivity (Wildman–Crippen MR) is 142 cm³/mol. The second kappa shape index (κ2) is 16.5. The van der Waals surface area contributed by atoms with Gasteiger partial charge in [0.15, 0.2) is 5.78 Å². The summed E-state index contributed by atoms with van der Waals surface area (Å²) >= 11 is 10.3. The molecule has 0 fully saturated rings. The van der Waals surface area contributed by atoms with Gasteiger partial charge in [0.1, 0.15) is 17.2 Å². The van der Waals surface area contributed by atoms with E-state index >= 15 is 0 Å². The van der Waals surface area contributed by atoms with E-state index in [0.717, 1.165) is 66.0 Å². The van der Waals surface area contributed by atoms with Gasteiger partial charge in [0.05, 0.1) is 25.4 Å². The van der Waals surface area contributed by atoms with Crippen LogP contribution in [-0.4, -0.2) is 41.6 Å². The molecule has 7 heteroatoms. The molecule has 0 saturated carbocycles. The van der Waals surface area contributed by atoms with Crippen molar-refractivity contribution in [2.24, 2.45) is 0 Å². The normalized spacial score (nSPS) is 10.7. The standard InChI is InChI=1S/C25H31Br3O4/c26-13-1-4-16-30-21-9-7-20(8-10-21)25(29)23-12-11-22(31-17-5-2-14-27)19-24(23)32-18-6-3-15-28/h7-12,19H,1-6,13-18H2. The zero-order valence-electron chi connectivity index (χ0n) is 18.3. The maximum absolute atomic E-state index is 13.2. The van der Waals surface area contributed by atoms with Crippen LogP contribution in [0, 0.1) is 0 Å². The third-order valence-corrected chi connectivity index (χ3v) is 6.38. The summed E-state index contributed by atoms with van der Waals surface area (Å²) in [7, 11) is 0. The summed E-state index contributed by atoms with van der Waals surface area (Å²) in [6.07, 6.45) is 6.03. The van der Waals surface area contributed by atoms with E-state index in [1.807, 2.05) is 24.3 Å². The summed E-state index contributed by atoms with van der Waals surface area (Å²) in [4.78, 5) is 13.2. The molecule has 0 saturated heterocycles. The van der Waals surface area contributed by atoms with Crippen LogP contribution in [0.2, 0.25) is 0 Å². The minimum atomic E-state index is -0.0721. The van der Waals surface area contributed by atoms with Crippen LogP contribution in [0.3, 0.4) is 0 Å². The number of hydrogen-bond donors (Lipinski definition) is 0. The minimum absolute atomic E-state index is 0.0721. The van der Waals surface area contributed by atoms with Gasteiger partial charge in [0.2, 0.25) is 0 Å². The Morgan fingerprint density at radius 1 is 0.625 bits per heavy atom. The fourth-order valence-corrected chi connectivity index (χ4v) is 4.10. The molecular formula is C25H31Br3O4. The largest absolute Gasteiger partial charge is 0.494 e. The van der Waals surface area contributed by atoms with Crippen LogP contribution in [-0.2, 0) is 0 Å². The van der Waals surface area contributed by atoms with Crippen molar-refractivity contribution in [2.45, 2.75) is 38.5 Å². The van der Waals surface area contributed by atoms with Crippen LogP contribution in [0.15, 0.2) is 42.5 Å². The van der Waals surface area contributed by atoms with Crippen LogP contribution in [0.4, 0.5) is 0 Å². The van der Waals surface area contributed by atoms with E-state index in [-0.39, 0.29) is 5.78 Å². The first kappa shape index (κ1) is 27.2. The van der Waals surface area contributed by atoms with Gasteiger partial charge >= 0.3 is 0 Å². The van der Waals surface area contributed by atoms with E-state index in [2.05, 4.69) is 47.8 Å². The van der Waals surface area contributed by atoms with E-state index in [1.54, 1.807) is 18.2 Å². The van der Waals surface area contributed by atoms with Crippen LogP contribution in [0.5, 0.6) is 17.2 Å². The van der Waals surface area contributed by atoms with E-state index in [1.165, 1.54) is 0 Å². The molecule has 32 heavy (non-hydrogen) atoms. The van der Waals surface area contributed by atoms with Crippen LogP contribution < -0.4 is 14.2 Å². The molecule has 0 spiro atoms. The molecule has 0 aliphatic heterocycles. The van der Waals surface area contributed by atoms with Gasteiger partial charge in [-0.3, -0.25) is 4.79 Å². The maximum Gasteiger partial charge on any atom is 0.196 e. The molecule has 2 rings (SSSR count). The summed E-state index contributed by atoms with van der Waals surface area (Å²) in [6.45, 7) is 1.86. The first-order chi connectivity index (χ1) is 15.7. The number of halogens is 3. The lowest BCUT2D eigenvalue weighted by Crippen LogP contribution is -2.08. The van der Waals surface area contributed by atoms with Gasteiger partial charge in [-0.15, -0.1) is 0 Å². The van der Waals surface area contributed by atoms with Crippen molar-refractivity contribution < 1.29 is 19.0 Å². The Morgan fingerprint density at radius 2 is 1.12 bits per heavy atom. The Labute approximate surface area is 216 Å². The SMILES string of the molecule is O=C(c1ccc(OCCCCBr)cc1)c1ccc(OCCCCBr)cc1OCCCCBr. The third kappa shape index (κ3) is 9.84. The fourth-order valence-electron chi connectivity index (χ4n) is 2.91. The van der Waals surface area contributed by atoms with E-state index in [9.17, 15) is 4.79 Å². The van der Waals surface area contributed by atoms with Gasteiger partial charge in [-0.25, -0.2) is 0 Å². The molecule has 0 heterocycles. The molecular weight excluding hydrogens is 604 g/mol. The molecule has 4 nitrogen and oxygen atoms in total. The number of ether oxygens (including phenoxy) is 3. The summed E-state index contributed by atoms with van der Waals surface area (Å²) in [5.74, 6) is 1.99. The molecule has 0 bridgehead atoms. The summed E-state index contributed by atoms with van der Waals surface area (Å²) in [5, 5.41) is 2.88. The zero-order valence-corrected chi connectivity index (χ0v) is 23.1. The Morgan fingerprint density at radius 3 is 1.69 bits per heavy atom. The first-order valence-corrected chi connectivity index (χ1v) is 14.4. The van der Waals surface area contributed by atoms with Gasteiger partial charge in [-0.05, 0) is 74.9 Å². The lowest BCUT2D eigenvalue weighted by Gasteiger charge is -2.14. The quantitative estimate of drug-likeness (QED) is 0.102. The molecule has 0 aliphatic rings. The van der Waals surface area contributed by atoms with E-state index in [4.69, 9.17) is 14.2 Å². The minimum Gasteiger partial charge on any atom is -0.494 e. The van der Waals surface area contributed by atoms with Crippen LogP contribution in [0.1, 0.15) is 54.4 Å². The van der Waals surface area contributed by atoms with Crippen molar-refractivity contribution in [1.29, 1.82) is 0 Å². The predicted octanol–water partition coefficient (Wildman–Crippen LogP) is 7.58. The van der Waals surface area contributed by atoms with Gasteiger partial charge in [-0.2, -0.15) is 0 Å². The Kier molecular flexibility index (Phi) is 14.1. The van der Waals surface area contributed by atoms with Gasteiger partial charge in [-0.1, -0.05) is 47.8 Å². The van der Waals surface area contributed by atoms with Crippen LogP contribution in [0.25, 0.3) is 0 Å². The molecule has 0 aliphatic carbocycles. The smallest absolute Gasteiger partial charge is 0.196 e. The van der Waals surface area contributed by atoms with Gasteiger partial charge in [0.25, 0.3) is 0 Å². The number of carbonyl (C=O) groups excluding carboxylic acids is 1. The van der Waals surface area contributed by atoms with E-state index < -0.39 is 0 Å². The van der Waals surface area contributed by atoms with E-state index in [0.29, 0.717) is 36.7 Å². The fraction of sp³-hybridized carbons (Fsp3) is 0.480. The van der Waals surface area contributed by atoms with Crippen molar-refractivity contribution in [3.63, 3.8) is 0 Å². The molecule has 2 aromatic carbocycles. The molecule has 0 atom stereocenters. The Hall–Kier alpha value is -1.05. The summed E-state index contributed by atoms with van der Waals surface area (Å²) in [6, 6.07) is 12.8. The average molecular weight is 635 g/mol. The number of rotatable bonds is 17. The highest BCUT2D eigenvalue weighted by Crippen LogP contribution is 2.28. The number of hydrogen-bond acceptors (Lipinski definition) is 4. The van der Waals surface area contributed by atoms with Crippen molar-refractivity contribution in [3.05, 3.63) is 53.6 Å². The molecule has 0 N–H and O–H groups in total. The number of unbranched alkanes of at least 4 members (excludes halogenated alkanes) is 3. The van der Waals surface area contributed by atoms with Gasteiger partial charge < -0.3 is 14.2 Å². The molecule has 0 amide bonds. The van der Waals surface area contributed by atoms with Crippen molar-refractivity contribution >= 4 is 53.6 Å². The Bertz CT molecular complexity index is 796. The highest BCUT2D eigenvalue weighted by atomic mass is 79.9. The highest BCUT2D eigenvalue weighted by molar-refractivity contribution is 9.09. The molecule has 2 aromatic rings. The molecule has 176 valence electrons. The van der Waals surface area contributed by atoms with Gasteiger partial charge in [0, 0.05) is 27.6 Å². The lowest BCUT2D eigenvalue weighted by atomic mass is 10.0. The zero-order chi connectivity index (χ0) is 23.0. The molecule has 0 aromatic heterocycles. The van der Waals surface area contributed by atoms with Crippen molar-refractivity contribution in [3.8, 4) is 17.2 Å². The third-order valence-electron chi connectivity index (χ3n) is 4.69. The second-order valence-corrected chi connectivity index (χ2v) is 9.62. The van der Waals surface area contributed by atoms with Crippen LogP contribution >= 0.6 is 47.8 Å². The molecule has 0 radical (unpaired) electrons. The Balaban J connectivity index is 2.09. The monoisotopic (exact) mass is 632 g/mol. The maximum atomic E-state index is 13.2. The molecule has 0 unspecified atom stereocenters. The lowest BCUT2D eigenvalue weighted by molar-refractivity contribution is 0.103. The summed E-state index contributed by atoms with van der Waals surface area (Å²) < 4.78 is 17.6. The number of alkyl halides is 3. The highest BCUT2D eigenvalue weighted by Gasteiger charge is 2.16. The average Bonchev–Trinajstić information content (AvgIpc) is 2.82. The van der Waals surface area contributed by atoms with Crippen molar-refractivity contribution in [1.82, 2.24) is 0 Å². The number of benzene rings is 2.